The molecule has 1 aromatic rings. The third-order valence-electron chi connectivity index (χ3n) is 5.22. The van der Waals surface area contributed by atoms with Gasteiger partial charge < -0.3 is 10.0 Å². The molecule has 1 saturated carbocycles. The Bertz CT molecular complexity index is 527. The minimum absolute atomic E-state index is 0.142. The van der Waals surface area contributed by atoms with E-state index in [1.807, 2.05) is 18.7 Å². The summed E-state index contributed by atoms with van der Waals surface area (Å²) < 4.78 is 0. The number of hydrogen-bond donors (Lipinski definition) is 1. The summed E-state index contributed by atoms with van der Waals surface area (Å²) in [5.74, 6) is 1.05. The van der Waals surface area contributed by atoms with E-state index < -0.39 is 0 Å². The number of aliphatic hydroxyl groups excluding tert-OH is 1. The second kappa shape index (κ2) is 6.67. The maximum absolute atomic E-state index is 12.8. The highest BCUT2D eigenvalue weighted by Gasteiger charge is 2.29. The van der Waals surface area contributed by atoms with Gasteiger partial charge in [0.1, 0.15) is 4.88 Å². The number of aliphatic hydroxyl groups is 1. The van der Waals surface area contributed by atoms with Crippen molar-refractivity contribution >= 4 is 17.2 Å². The zero-order chi connectivity index (χ0) is 15.7. The highest BCUT2D eigenvalue weighted by Crippen LogP contribution is 2.37. The molecule has 0 aromatic carbocycles. The summed E-state index contributed by atoms with van der Waals surface area (Å²) in [4.78, 5) is 20.2. The van der Waals surface area contributed by atoms with Crippen LogP contribution >= 0.6 is 11.3 Å². The maximum atomic E-state index is 12.8. The van der Waals surface area contributed by atoms with Crippen molar-refractivity contribution in [2.75, 3.05) is 13.1 Å². The van der Waals surface area contributed by atoms with Crippen molar-refractivity contribution in [1.29, 1.82) is 0 Å². The van der Waals surface area contributed by atoms with Gasteiger partial charge >= 0.3 is 0 Å². The van der Waals surface area contributed by atoms with Crippen LogP contribution in [0.25, 0.3) is 0 Å². The topological polar surface area (TPSA) is 53.4 Å². The van der Waals surface area contributed by atoms with Crippen LogP contribution in [0.1, 0.15) is 71.7 Å². The van der Waals surface area contributed by atoms with E-state index in [1.54, 1.807) is 11.3 Å². The van der Waals surface area contributed by atoms with Crippen molar-refractivity contribution < 1.29 is 9.90 Å². The summed E-state index contributed by atoms with van der Waals surface area (Å²) in [5, 5.41) is 10.8. The SMILES string of the molecule is Cc1nc(C2CCCC2)sc1C(=O)N1CCC(C(C)O)CC1. The van der Waals surface area contributed by atoms with Crippen molar-refractivity contribution in [3.05, 3.63) is 15.6 Å². The standard InChI is InChI=1S/C17H26N2O2S/c1-11-15(22-16(18-11)14-5-3-4-6-14)17(21)19-9-7-13(8-10-19)12(2)20/h12-14,20H,3-10H2,1-2H3. The first-order valence-electron chi connectivity index (χ1n) is 8.51. The van der Waals surface area contributed by atoms with E-state index >= 15 is 0 Å². The minimum atomic E-state index is -0.267. The van der Waals surface area contributed by atoms with Crippen LogP contribution < -0.4 is 0 Å². The number of nitrogens with zero attached hydrogens (tertiary/aromatic N) is 2. The van der Waals surface area contributed by atoms with E-state index in [4.69, 9.17) is 0 Å². The Hall–Kier alpha value is -0.940. The summed E-state index contributed by atoms with van der Waals surface area (Å²) in [6, 6.07) is 0. The number of rotatable bonds is 3. The van der Waals surface area contributed by atoms with Crippen molar-refractivity contribution in [3.63, 3.8) is 0 Å². The fourth-order valence-corrected chi connectivity index (χ4v) is 4.90. The molecule has 1 aliphatic heterocycles. The summed E-state index contributed by atoms with van der Waals surface area (Å²) in [5.41, 5.74) is 0.898. The zero-order valence-corrected chi connectivity index (χ0v) is 14.4. The van der Waals surface area contributed by atoms with E-state index in [-0.39, 0.29) is 12.0 Å². The maximum Gasteiger partial charge on any atom is 0.265 e. The smallest absolute Gasteiger partial charge is 0.265 e. The van der Waals surface area contributed by atoms with Crippen LogP contribution in [0.4, 0.5) is 0 Å². The molecule has 1 amide bonds. The normalized spacial score (nSPS) is 22.2. The Morgan fingerprint density at radius 2 is 1.91 bits per heavy atom. The van der Waals surface area contributed by atoms with Gasteiger partial charge in [0.25, 0.3) is 5.91 Å². The highest BCUT2D eigenvalue weighted by molar-refractivity contribution is 7.13. The molecule has 5 heteroatoms. The third kappa shape index (κ3) is 3.20. The fraction of sp³-hybridized carbons (Fsp3) is 0.765. The molecule has 1 aliphatic carbocycles. The number of aryl methyl sites for hydroxylation is 1. The molecule has 0 radical (unpaired) electrons. The molecule has 4 nitrogen and oxygen atoms in total. The van der Waals surface area contributed by atoms with Gasteiger partial charge in [-0.2, -0.15) is 0 Å². The van der Waals surface area contributed by atoms with Gasteiger partial charge in [-0.15, -0.1) is 11.3 Å². The number of aromatic nitrogens is 1. The van der Waals surface area contributed by atoms with E-state index in [0.29, 0.717) is 11.8 Å². The first-order valence-corrected chi connectivity index (χ1v) is 9.32. The van der Waals surface area contributed by atoms with E-state index in [0.717, 1.165) is 41.5 Å². The lowest BCUT2D eigenvalue weighted by Crippen LogP contribution is -2.40. The molecule has 0 spiro atoms. The van der Waals surface area contributed by atoms with E-state index in [1.165, 1.54) is 25.7 Å². The number of carbonyl (C=O) groups is 1. The van der Waals surface area contributed by atoms with Gasteiger partial charge in [0.15, 0.2) is 0 Å². The molecule has 2 fully saturated rings. The number of hydrogen-bond acceptors (Lipinski definition) is 4. The van der Waals surface area contributed by atoms with E-state index in [2.05, 4.69) is 4.98 Å². The molecule has 1 saturated heterocycles. The summed E-state index contributed by atoms with van der Waals surface area (Å²) in [6.45, 7) is 5.32. The molecular weight excluding hydrogens is 296 g/mol. The molecule has 122 valence electrons. The number of thiazole rings is 1. The average molecular weight is 322 g/mol. The molecule has 2 heterocycles. The Morgan fingerprint density at radius 1 is 1.27 bits per heavy atom. The number of carbonyl (C=O) groups excluding carboxylic acids is 1. The van der Waals surface area contributed by atoms with Crippen LogP contribution in [-0.2, 0) is 0 Å². The monoisotopic (exact) mass is 322 g/mol. The summed E-state index contributed by atoms with van der Waals surface area (Å²) in [6.07, 6.45) is 6.56. The molecule has 1 unspecified atom stereocenters. The quantitative estimate of drug-likeness (QED) is 0.928. The van der Waals surface area contributed by atoms with Gasteiger partial charge in [-0.1, -0.05) is 12.8 Å². The van der Waals surface area contributed by atoms with Crippen LogP contribution in [0.15, 0.2) is 0 Å². The Labute approximate surface area is 136 Å². The first kappa shape index (κ1) is 15.9. The van der Waals surface area contributed by atoms with Gasteiger partial charge in [0.2, 0.25) is 0 Å². The van der Waals surface area contributed by atoms with Crippen LogP contribution in [0, 0.1) is 12.8 Å². The van der Waals surface area contributed by atoms with Gasteiger partial charge in [-0.25, -0.2) is 4.98 Å². The number of piperidine rings is 1. The largest absolute Gasteiger partial charge is 0.393 e. The molecule has 3 rings (SSSR count). The van der Waals surface area contributed by atoms with Crippen molar-refractivity contribution in [3.8, 4) is 0 Å². The lowest BCUT2D eigenvalue weighted by molar-refractivity contribution is 0.0524. The first-order chi connectivity index (χ1) is 10.6. The molecular formula is C17H26N2O2S. The fourth-order valence-electron chi connectivity index (χ4n) is 3.69. The predicted molar refractivity (Wildman–Crippen MR) is 88.4 cm³/mol. The van der Waals surface area contributed by atoms with Crippen molar-refractivity contribution in [2.24, 2.45) is 5.92 Å². The van der Waals surface area contributed by atoms with Crippen LogP contribution in [0.2, 0.25) is 0 Å². The molecule has 1 N–H and O–H groups in total. The molecule has 1 atom stereocenters. The molecule has 2 aliphatic rings. The van der Waals surface area contributed by atoms with Crippen LogP contribution in [0.3, 0.4) is 0 Å². The van der Waals surface area contributed by atoms with Crippen molar-refractivity contribution in [1.82, 2.24) is 9.88 Å². The minimum Gasteiger partial charge on any atom is -0.393 e. The van der Waals surface area contributed by atoms with Gasteiger partial charge in [-0.3, -0.25) is 4.79 Å². The third-order valence-corrected chi connectivity index (χ3v) is 6.53. The Kier molecular flexibility index (Phi) is 4.83. The Morgan fingerprint density at radius 3 is 2.50 bits per heavy atom. The molecule has 1 aromatic heterocycles. The lowest BCUT2D eigenvalue weighted by Gasteiger charge is -2.33. The summed E-state index contributed by atoms with van der Waals surface area (Å²) in [7, 11) is 0. The average Bonchev–Trinajstić information content (AvgIpc) is 3.16. The van der Waals surface area contributed by atoms with Gasteiger partial charge in [0, 0.05) is 19.0 Å². The second-order valence-electron chi connectivity index (χ2n) is 6.82. The number of amides is 1. The van der Waals surface area contributed by atoms with Crippen LogP contribution in [0.5, 0.6) is 0 Å². The molecule has 0 bridgehead atoms. The highest BCUT2D eigenvalue weighted by atomic mass is 32.1. The molecule has 22 heavy (non-hydrogen) atoms. The van der Waals surface area contributed by atoms with E-state index in [9.17, 15) is 9.90 Å². The summed E-state index contributed by atoms with van der Waals surface area (Å²) >= 11 is 1.61. The number of likely N-dealkylation sites (tertiary alicyclic amines) is 1. The van der Waals surface area contributed by atoms with Crippen LogP contribution in [-0.4, -0.2) is 40.1 Å². The van der Waals surface area contributed by atoms with Gasteiger partial charge in [-0.05, 0) is 45.4 Å². The zero-order valence-electron chi connectivity index (χ0n) is 13.5. The second-order valence-corrected chi connectivity index (χ2v) is 7.85. The Balaban J connectivity index is 1.67. The lowest BCUT2D eigenvalue weighted by atomic mass is 9.92. The predicted octanol–water partition coefficient (Wildman–Crippen LogP) is 3.34. The van der Waals surface area contributed by atoms with Gasteiger partial charge in [0.05, 0.1) is 16.8 Å². The van der Waals surface area contributed by atoms with Crippen molar-refractivity contribution in [2.45, 2.75) is 64.4 Å².